The summed E-state index contributed by atoms with van der Waals surface area (Å²) in [4.78, 5) is 0. The van der Waals surface area contributed by atoms with Gasteiger partial charge in [0.05, 0.1) is 0 Å². The molecule has 0 saturated carbocycles. The van der Waals surface area contributed by atoms with Gasteiger partial charge in [-0.2, -0.15) is 0 Å². The van der Waals surface area contributed by atoms with Crippen molar-refractivity contribution in [3.63, 3.8) is 0 Å². The van der Waals surface area contributed by atoms with E-state index in [1.165, 1.54) is 0 Å². The van der Waals surface area contributed by atoms with Crippen LogP contribution in [-0.2, 0) is 0 Å². The van der Waals surface area contributed by atoms with Crippen LogP contribution in [0.15, 0.2) is 54.6 Å². The highest BCUT2D eigenvalue weighted by atomic mass is 16.3. The molecule has 4 N–H and O–H groups in total. The summed E-state index contributed by atoms with van der Waals surface area (Å²) >= 11 is 0. The number of rotatable bonds is 4. The van der Waals surface area contributed by atoms with Gasteiger partial charge in [0.2, 0.25) is 0 Å². The van der Waals surface area contributed by atoms with Crippen molar-refractivity contribution in [2.75, 3.05) is 6.54 Å². The van der Waals surface area contributed by atoms with Crippen LogP contribution in [-0.4, -0.2) is 27.4 Å². The van der Waals surface area contributed by atoms with Gasteiger partial charge in [-0.3, -0.25) is 0 Å². The number of nitrogens with one attached hydrogen (secondary N) is 1. The molecule has 136 valence electrons. The molecule has 0 aliphatic heterocycles. The molecule has 0 aliphatic rings. The van der Waals surface area contributed by atoms with Gasteiger partial charge < -0.3 is 20.6 Å². The second kappa shape index (κ2) is 6.89. The highest BCUT2D eigenvalue weighted by Gasteiger charge is 2.23. The number of phenols is 3. The molecule has 3 aromatic carbocycles. The maximum atomic E-state index is 10.7. The standard InChI is InChI=1S/C22H25NO3/c1-22(2,3)23-13-19(15-4-8-16(24)9-5-15)21-18-12-17(25)10-6-14(18)7-11-20(21)26/h4-12,19,23-26H,13H2,1-3H3. The van der Waals surface area contributed by atoms with Crippen LogP contribution >= 0.6 is 0 Å². The zero-order valence-electron chi connectivity index (χ0n) is 15.3. The Hall–Kier alpha value is -2.72. The predicted molar refractivity (Wildman–Crippen MR) is 105 cm³/mol. The van der Waals surface area contributed by atoms with E-state index in [0.29, 0.717) is 6.54 Å². The van der Waals surface area contributed by atoms with Crippen LogP contribution in [0.3, 0.4) is 0 Å². The number of fused-ring (bicyclic) bond motifs is 1. The smallest absolute Gasteiger partial charge is 0.120 e. The van der Waals surface area contributed by atoms with Crippen LogP contribution in [0.5, 0.6) is 17.2 Å². The SMILES string of the molecule is CC(C)(C)NCC(c1ccc(O)cc1)c1c(O)ccc2ccc(O)cc12. The molecule has 0 saturated heterocycles. The van der Waals surface area contributed by atoms with E-state index in [1.807, 2.05) is 24.3 Å². The van der Waals surface area contributed by atoms with Gasteiger partial charge in [0.25, 0.3) is 0 Å². The Morgan fingerprint density at radius 1 is 0.846 bits per heavy atom. The molecule has 0 spiro atoms. The molecule has 1 unspecified atom stereocenters. The summed E-state index contributed by atoms with van der Waals surface area (Å²) in [6.07, 6.45) is 0. The number of hydrogen-bond donors (Lipinski definition) is 4. The van der Waals surface area contributed by atoms with Crippen LogP contribution in [0.25, 0.3) is 10.8 Å². The minimum absolute atomic E-state index is 0.0858. The average molecular weight is 351 g/mol. The van der Waals surface area contributed by atoms with Gasteiger partial charge in [-0.15, -0.1) is 0 Å². The highest BCUT2D eigenvalue weighted by molar-refractivity contribution is 5.90. The molecule has 0 fully saturated rings. The number of phenolic OH excluding ortho intramolecular Hbond substituents is 3. The molecule has 0 bridgehead atoms. The molecule has 0 heterocycles. The Bertz CT molecular complexity index is 906. The number of hydrogen-bond acceptors (Lipinski definition) is 4. The first-order valence-corrected chi connectivity index (χ1v) is 8.73. The van der Waals surface area contributed by atoms with Gasteiger partial charge in [-0.25, -0.2) is 0 Å². The highest BCUT2D eigenvalue weighted by Crippen LogP contribution is 2.38. The number of benzene rings is 3. The molecule has 4 heteroatoms. The third-order valence-electron chi connectivity index (χ3n) is 4.50. The van der Waals surface area contributed by atoms with E-state index in [-0.39, 0.29) is 28.7 Å². The largest absolute Gasteiger partial charge is 0.508 e. The van der Waals surface area contributed by atoms with Crippen molar-refractivity contribution in [3.8, 4) is 17.2 Å². The molecule has 3 aromatic rings. The summed E-state index contributed by atoms with van der Waals surface area (Å²) < 4.78 is 0. The summed E-state index contributed by atoms with van der Waals surface area (Å²) in [7, 11) is 0. The quantitative estimate of drug-likeness (QED) is 0.559. The Balaban J connectivity index is 2.17. The van der Waals surface area contributed by atoms with Crippen LogP contribution < -0.4 is 5.32 Å². The summed E-state index contributed by atoms with van der Waals surface area (Å²) in [5.41, 5.74) is 1.66. The minimum Gasteiger partial charge on any atom is -0.508 e. The minimum atomic E-state index is -0.139. The van der Waals surface area contributed by atoms with E-state index in [0.717, 1.165) is 21.9 Å². The van der Waals surface area contributed by atoms with Gasteiger partial charge in [0, 0.05) is 23.6 Å². The van der Waals surface area contributed by atoms with Crippen molar-refractivity contribution in [2.24, 2.45) is 0 Å². The van der Waals surface area contributed by atoms with E-state index < -0.39 is 0 Å². The topological polar surface area (TPSA) is 72.7 Å². The zero-order valence-corrected chi connectivity index (χ0v) is 15.3. The Morgan fingerprint density at radius 3 is 2.12 bits per heavy atom. The van der Waals surface area contributed by atoms with Crippen molar-refractivity contribution in [3.05, 3.63) is 65.7 Å². The van der Waals surface area contributed by atoms with Gasteiger partial charge in [0.15, 0.2) is 0 Å². The fourth-order valence-electron chi connectivity index (χ4n) is 3.19. The van der Waals surface area contributed by atoms with Crippen molar-refractivity contribution in [1.82, 2.24) is 5.32 Å². The summed E-state index contributed by atoms with van der Waals surface area (Å²) in [6, 6.07) is 15.8. The summed E-state index contributed by atoms with van der Waals surface area (Å²) in [6.45, 7) is 6.89. The first kappa shape index (κ1) is 18.1. The fourth-order valence-corrected chi connectivity index (χ4v) is 3.19. The fraction of sp³-hybridized carbons (Fsp3) is 0.273. The summed E-state index contributed by atoms with van der Waals surface area (Å²) in [5, 5.41) is 35.5. The van der Waals surface area contributed by atoms with E-state index in [9.17, 15) is 15.3 Å². The molecular formula is C22H25NO3. The lowest BCUT2D eigenvalue weighted by Crippen LogP contribution is -2.38. The predicted octanol–water partition coefficient (Wildman–Crippen LogP) is 4.48. The zero-order chi connectivity index (χ0) is 18.9. The normalized spacial score (nSPS) is 13.0. The van der Waals surface area contributed by atoms with Gasteiger partial charge in [-0.05, 0) is 67.4 Å². The Morgan fingerprint density at radius 2 is 1.46 bits per heavy atom. The molecule has 0 amide bonds. The molecule has 0 aliphatic carbocycles. The lowest BCUT2D eigenvalue weighted by Gasteiger charge is -2.27. The monoisotopic (exact) mass is 351 g/mol. The van der Waals surface area contributed by atoms with E-state index in [4.69, 9.17) is 0 Å². The molecule has 1 atom stereocenters. The molecule has 4 nitrogen and oxygen atoms in total. The van der Waals surface area contributed by atoms with Crippen molar-refractivity contribution in [2.45, 2.75) is 32.2 Å². The van der Waals surface area contributed by atoms with Crippen molar-refractivity contribution < 1.29 is 15.3 Å². The lowest BCUT2D eigenvalue weighted by atomic mass is 9.86. The lowest BCUT2D eigenvalue weighted by molar-refractivity contribution is 0.411. The molecule has 3 rings (SSSR count). The first-order chi connectivity index (χ1) is 12.2. The maximum Gasteiger partial charge on any atom is 0.120 e. The van der Waals surface area contributed by atoms with E-state index in [1.54, 1.807) is 30.3 Å². The average Bonchev–Trinajstić information content (AvgIpc) is 2.57. The molecule has 0 radical (unpaired) electrons. The van der Waals surface area contributed by atoms with Gasteiger partial charge in [-0.1, -0.05) is 24.3 Å². The van der Waals surface area contributed by atoms with Crippen LogP contribution in [0.1, 0.15) is 37.8 Å². The summed E-state index contributed by atoms with van der Waals surface area (Å²) in [5.74, 6) is 0.422. The Labute approximate surface area is 153 Å². The van der Waals surface area contributed by atoms with E-state index >= 15 is 0 Å². The van der Waals surface area contributed by atoms with Crippen LogP contribution in [0.2, 0.25) is 0 Å². The molecule has 0 aromatic heterocycles. The molecular weight excluding hydrogens is 326 g/mol. The van der Waals surface area contributed by atoms with Crippen molar-refractivity contribution >= 4 is 10.8 Å². The van der Waals surface area contributed by atoms with Gasteiger partial charge >= 0.3 is 0 Å². The second-order valence-electron chi connectivity index (χ2n) is 7.68. The van der Waals surface area contributed by atoms with Crippen LogP contribution in [0, 0.1) is 0 Å². The number of aromatic hydroxyl groups is 3. The van der Waals surface area contributed by atoms with E-state index in [2.05, 4.69) is 26.1 Å². The maximum absolute atomic E-state index is 10.7. The second-order valence-corrected chi connectivity index (χ2v) is 7.68. The third kappa shape index (κ3) is 3.92. The first-order valence-electron chi connectivity index (χ1n) is 8.73. The van der Waals surface area contributed by atoms with Crippen molar-refractivity contribution in [1.29, 1.82) is 0 Å². The van der Waals surface area contributed by atoms with Gasteiger partial charge in [0.1, 0.15) is 17.2 Å². The Kier molecular flexibility index (Phi) is 4.79. The molecule has 26 heavy (non-hydrogen) atoms. The third-order valence-corrected chi connectivity index (χ3v) is 4.50. The van der Waals surface area contributed by atoms with Crippen LogP contribution in [0.4, 0.5) is 0 Å².